The highest BCUT2D eigenvalue weighted by atomic mass is 16.7. The molecule has 0 spiro atoms. The van der Waals surface area contributed by atoms with Gasteiger partial charge in [-0.25, -0.2) is 9.97 Å². The van der Waals surface area contributed by atoms with Gasteiger partial charge in [0.25, 0.3) is 0 Å². The van der Waals surface area contributed by atoms with E-state index in [1.54, 1.807) is 19.4 Å². The molecule has 0 amide bonds. The summed E-state index contributed by atoms with van der Waals surface area (Å²) in [5.74, 6) is 3.33. The normalized spacial score (nSPS) is 16.4. The average molecular weight is 426 g/mol. The van der Waals surface area contributed by atoms with Crippen molar-refractivity contribution in [3.8, 4) is 11.5 Å². The molecule has 0 bridgehead atoms. The molecule has 4 rings (SSSR count). The van der Waals surface area contributed by atoms with Gasteiger partial charge in [0.05, 0.1) is 0 Å². The number of hydrogen-bond acceptors (Lipinski definition) is 7. The van der Waals surface area contributed by atoms with Crippen LogP contribution in [0, 0.1) is 0 Å². The summed E-state index contributed by atoms with van der Waals surface area (Å²) >= 11 is 0. The predicted molar refractivity (Wildman–Crippen MR) is 121 cm³/mol. The van der Waals surface area contributed by atoms with Crippen molar-refractivity contribution in [2.24, 2.45) is 4.99 Å². The van der Waals surface area contributed by atoms with Crippen LogP contribution in [0.1, 0.15) is 12.0 Å². The molecule has 1 aromatic carbocycles. The van der Waals surface area contributed by atoms with E-state index in [1.165, 1.54) is 5.56 Å². The van der Waals surface area contributed by atoms with E-state index >= 15 is 0 Å². The lowest BCUT2D eigenvalue weighted by molar-refractivity contribution is 0.174. The SMILES string of the molecule is CN=C(NCCCN1CCN(c2ncccn2)CC1)NCCc1ccc2c(c1)OCO2. The van der Waals surface area contributed by atoms with Crippen LogP contribution in [0.3, 0.4) is 0 Å². The average Bonchev–Trinajstić information content (AvgIpc) is 3.29. The first-order valence-electron chi connectivity index (χ1n) is 10.9. The Kier molecular flexibility index (Phi) is 7.38. The molecule has 2 aliphatic heterocycles. The van der Waals surface area contributed by atoms with E-state index < -0.39 is 0 Å². The van der Waals surface area contributed by atoms with Crippen LogP contribution in [0.15, 0.2) is 41.7 Å². The Morgan fingerprint density at radius 1 is 1.03 bits per heavy atom. The molecule has 0 unspecified atom stereocenters. The van der Waals surface area contributed by atoms with Gasteiger partial charge >= 0.3 is 0 Å². The molecule has 166 valence electrons. The Bertz CT molecular complexity index is 854. The van der Waals surface area contributed by atoms with Gasteiger partial charge in [-0.15, -0.1) is 0 Å². The molecule has 2 aromatic rings. The number of guanidine groups is 1. The number of aliphatic imine (C=N–C) groups is 1. The van der Waals surface area contributed by atoms with Gasteiger partial charge in [0.2, 0.25) is 12.7 Å². The van der Waals surface area contributed by atoms with Crippen LogP contribution in [-0.2, 0) is 6.42 Å². The fourth-order valence-electron chi connectivity index (χ4n) is 3.78. The minimum absolute atomic E-state index is 0.310. The molecule has 1 fully saturated rings. The zero-order valence-electron chi connectivity index (χ0n) is 18.1. The highest BCUT2D eigenvalue weighted by Crippen LogP contribution is 2.32. The molecule has 2 aliphatic rings. The second-order valence-corrected chi connectivity index (χ2v) is 7.59. The number of aromatic nitrogens is 2. The first-order chi connectivity index (χ1) is 15.3. The van der Waals surface area contributed by atoms with Crippen LogP contribution in [0.4, 0.5) is 5.95 Å². The second-order valence-electron chi connectivity index (χ2n) is 7.59. The lowest BCUT2D eigenvalue weighted by atomic mass is 10.1. The number of fused-ring (bicyclic) bond motifs is 1. The minimum Gasteiger partial charge on any atom is -0.454 e. The molecule has 1 aromatic heterocycles. The van der Waals surface area contributed by atoms with Crippen LogP contribution in [0.5, 0.6) is 11.5 Å². The Labute approximate surface area is 183 Å². The monoisotopic (exact) mass is 425 g/mol. The zero-order chi connectivity index (χ0) is 21.3. The maximum absolute atomic E-state index is 5.44. The lowest BCUT2D eigenvalue weighted by Crippen LogP contribution is -2.47. The maximum atomic E-state index is 5.44. The number of rotatable bonds is 8. The van der Waals surface area contributed by atoms with E-state index in [0.29, 0.717) is 6.79 Å². The number of anilines is 1. The Morgan fingerprint density at radius 3 is 2.61 bits per heavy atom. The van der Waals surface area contributed by atoms with Crippen LogP contribution in [0.25, 0.3) is 0 Å². The summed E-state index contributed by atoms with van der Waals surface area (Å²) in [5, 5.41) is 6.79. The number of ether oxygens (including phenoxy) is 2. The fourth-order valence-corrected chi connectivity index (χ4v) is 3.78. The number of piperazine rings is 1. The molecule has 1 saturated heterocycles. The molecular weight excluding hydrogens is 394 g/mol. The largest absolute Gasteiger partial charge is 0.454 e. The van der Waals surface area contributed by atoms with Crippen LogP contribution in [-0.4, -0.2) is 80.5 Å². The van der Waals surface area contributed by atoms with Crippen molar-refractivity contribution >= 4 is 11.9 Å². The molecular formula is C22H31N7O2. The topological polar surface area (TPSA) is 87.1 Å². The molecule has 2 N–H and O–H groups in total. The first-order valence-corrected chi connectivity index (χ1v) is 10.9. The Balaban J connectivity index is 1.09. The minimum atomic E-state index is 0.310. The van der Waals surface area contributed by atoms with Gasteiger partial charge in [-0.1, -0.05) is 6.07 Å². The summed E-state index contributed by atoms with van der Waals surface area (Å²) in [5.41, 5.74) is 1.22. The molecule has 9 heteroatoms. The first kappa shape index (κ1) is 21.2. The third-order valence-corrected chi connectivity index (χ3v) is 5.52. The second kappa shape index (κ2) is 10.8. The molecule has 31 heavy (non-hydrogen) atoms. The lowest BCUT2D eigenvalue weighted by Gasteiger charge is -2.34. The molecule has 0 radical (unpaired) electrons. The number of benzene rings is 1. The molecule has 3 heterocycles. The highest BCUT2D eigenvalue weighted by molar-refractivity contribution is 5.79. The maximum Gasteiger partial charge on any atom is 0.231 e. The van der Waals surface area contributed by atoms with E-state index in [4.69, 9.17) is 9.47 Å². The molecule has 0 saturated carbocycles. The van der Waals surface area contributed by atoms with Crippen molar-refractivity contribution in [3.05, 3.63) is 42.2 Å². The Hall–Kier alpha value is -3.07. The smallest absolute Gasteiger partial charge is 0.231 e. The summed E-state index contributed by atoms with van der Waals surface area (Å²) < 4.78 is 10.8. The third-order valence-electron chi connectivity index (χ3n) is 5.52. The summed E-state index contributed by atoms with van der Waals surface area (Å²) in [7, 11) is 1.81. The summed E-state index contributed by atoms with van der Waals surface area (Å²) in [6.45, 7) is 7.12. The summed E-state index contributed by atoms with van der Waals surface area (Å²) in [4.78, 5) is 17.8. The van der Waals surface area contributed by atoms with Gasteiger partial charge in [-0.2, -0.15) is 0 Å². The van der Waals surface area contributed by atoms with Crippen molar-refractivity contribution in [1.82, 2.24) is 25.5 Å². The van der Waals surface area contributed by atoms with Crippen molar-refractivity contribution in [1.29, 1.82) is 0 Å². The molecule has 9 nitrogen and oxygen atoms in total. The van der Waals surface area contributed by atoms with Crippen molar-refractivity contribution < 1.29 is 9.47 Å². The van der Waals surface area contributed by atoms with Crippen molar-refractivity contribution in [3.63, 3.8) is 0 Å². The zero-order valence-corrected chi connectivity index (χ0v) is 18.1. The summed E-state index contributed by atoms with van der Waals surface area (Å²) in [6, 6.07) is 7.95. The van der Waals surface area contributed by atoms with E-state index in [0.717, 1.165) is 82.1 Å². The van der Waals surface area contributed by atoms with E-state index in [-0.39, 0.29) is 0 Å². The van der Waals surface area contributed by atoms with Gasteiger partial charge in [-0.3, -0.25) is 9.89 Å². The number of nitrogens with zero attached hydrogens (tertiary/aromatic N) is 5. The van der Waals surface area contributed by atoms with E-state index in [1.807, 2.05) is 18.2 Å². The fraction of sp³-hybridized carbons (Fsp3) is 0.500. The third kappa shape index (κ3) is 5.97. The molecule has 0 atom stereocenters. The predicted octanol–water partition coefficient (Wildman–Crippen LogP) is 1.13. The van der Waals surface area contributed by atoms with Crippen molar-refractivity contribution in [2.75, 3.05) is 64.6 Å². The number of nitrogens with one attached hydrogen (secondary N) is 2. The quantitative estimate of drug-likeness (QED) is 0.370. The summed E-state index contributed by atoms with van der Waals surface area (Å²) in [6.07, 6.45) is 5.57. The van der Waals surface area contributed by atoms with Gasteiger partial charge in [0.1, 0.15) is 0 Å². The molecule has 0 aliphatic carbocycles. The van der Waals surface area contributed by atoms with Crippen LogP contribution < -0.4 is 25.0 Å². The van der Waals surface area contributed by atoms with Gasteiger partial charge in [-0.05, 0) is 43.1 Å². The highest BCUT2D eigenvalue weighted by Gasteiger charge is 2.18. The van der Waals surface area contributed by atoms with E-state index in [9.17, 15) is 0 Å². The van der Waals surface area contributed by atoms with E-state index in [2.05, 4.69) is 41.5 Å². The van der Waals surface area contributed by atoms with Gasteiger partial charge in [0.15, 0.2) is 17.5 Å². The Morgan fingerprint density at radius 2 is 1.81 bits per heavy atom. The van der Waals surface area contributed by atoms with Gasteiger partial charge < -0.3 is 25.0 Å². The van der Waals surface area contributed by atoms with Crippen LogP contribution >= 0.6 is 0 Å². The van der Waals surface area contributed by atoms with Crippen LogP contribution in [0.2, 0.25) is 0 Å². The number of hydrogen-bond donors (Lipinski definition) is 2. The van der Waals surface area contributed by atoms with Crippen molar-refractivity contribution in [2.45, 2.75) is 12.8 Å². The van der Waals surface area contributed by atoms with Gasteiger partial charge in [0, 0.05) is 58.7 Å². The standard InChI is InChI=1S/C22H31N7O2/c1-23-21(25-10-6-18-4-5-19-20(16-18)31-17-30-19)24-9-3-11-28-12-14-29(15-13-28)22-26-7-2-8-27-22/h2,4-5,7-8,16H,3,6,9-15,17H2,1H3,(H2,23,24,25).